The molecule has 3 rings (SSSR count). The van der Waals surface area contributed by atoms with Crippen LogP contribution in [0.2, 0.25) is 0 Å². The van der Waals surface area contributed by atoms with E-state index < -0.39 is 5.91 Å². The van der Waals surface area contributed by atoms with Crippen molar-refractivity contribution in [3.05, 3.63) is 30.1 Å². The normalized spacial score (nSPS) is 24.3. The summed E-state index contributed by atoms with van der Waals surface area (Å²) in [7, 11) is 0. The summed E-state index contributed by atoms with van der Waals surface area (Å²) in [5, 5.41) is 7.80. The standard InChI is InChI=1S/C16H22N4O/c1-10-6-7-13(16(10,2)3)19-14-11(15(17)21)9-18-20-8-4-5-12(14)20/h4-5,8-10,13,19H,6-7H2,1-3H3,(H2,17,21)/t10-,13+/m0/s1. The first-order valence-corrected chi connectivity index (χ1v) is 7.44. The van der Waals surface area contributed by atoms with Gasteiger partial charge in [0.25, 0.3) is 5.91 Å². The number of nitrogens with two attached hydrogens (primary N) is 1. The molecule has 5 nitrogen and oxygen atoms in total. The van der Waals surface area contributed by atoms with Crippen LogP contribution in [0.3, 0.4) is 0 Å². The fraction of sp³-hybridized carbons (Fsp3) is 0.500. The molecule has 2 aromatic heterocycles. The van der Waals surface area contributed by atoms with Gasteiger partial charge in [-0.15, -0.1) is 0 Å². The van der Waals surface area contributed by atoms with E-state index in [0.29, 0.717) is 17.5 Å². The highest BCUT2D eigenvalue weighted by Gasteiger charge is 2.40. The molecule has 0 aromatic carbocycles. The van der Waals surface area contributed by atoms with Gasteiger partial charge in [-0.2, -0.15) is 5.10 Å². The van der Waals surface area contributed by atoms with Crippen LogP contribution < -0.4 is 11.1 Å². The molecule has 1 amide bonds. The number of anilines is 1. The predicted octanol–water partition coefficient (Wildman–Crippen LogP) is 2.67. The van der Waals surface area contributed by atoms with E-state index in [9.17, 15) is 4.79 Å². The van der Waals surface area contributed by atoms with Gasteiger partial charge >= 0.3 is 0 Å². The van der Waals surface area contributed by atoms with Gasteiger partial charge in [-0.1, -0.05) is 20.8 Å². The number of rotatable bonds is 3. The van der Waals surface area contributed by atoms with Gasteiger partial charge in [0.2, 0.25) is 0 Å². The molecule has 0 radical (unpaired) electrons. The molecule has 0 unspecified atom stereocenters. The van der Waals surface area contributed by atoms with Crippen molar-refractivity contribution in [1.29, 1.82) is 0 Å². The number of nitrogens with zero attached hydrogens (tertiary/aromatic N) is 2. The average molecular weight is 286 g/mol. The largest absolute Gasteiger partial charge is 0.379 e. The fourth-order valence-corrected chi connectivity index (χ4v) is 3.27. The number of hydrogen-bond donors (Lipinski definition) is 2. The zero-order chi connectivity index (χ0) is 15.2. The molecular weight excluding hydrogens is 264 g/mol. The molecule has 2 atom stereocenters. The molecule has 2 aromatic rings. The first kappa shape index (κ1) is 13.9. The number of fused-ring (bicyclic) bond motifs is 1. The van der Waals surface area contributed by atoms with Gasteiger partial charge in [-0.25, -0.2) is 4.52 Å². The lowest BCUT2D eigenvalue weighted by atomic mass is 9.80. The summed E-state index contributed by atoms with van der Waals surface area (Å²) in [5.41, 5.74) is 7.84. The minimum absolute atomic E-state index is 0.182. The van der Waals surface area contributed by atoms with E-state index in [4.69, 9.17) is 5.73 Å². The molecular formula is C16H22N4O. The second-order valence-electron chi connectivity index (χ2n) is 6.63. The molecule has 1 fully saturated rings. The predicted molar refractivity (Wildman–Crippen MR) is 83.3 cm³/mol. The van der Waals surface area contributed by atoms with Gasteiger partial charge in [0.1, 0.15) is 0 Å². The third-order valence-electron chi connectivity index (χ3n) is 5.21. The third-order valence-corrected chi connectivity index (χ3v) is 5.21. The van der Waals surface area contributed by atoms with Crippen molar-refractivity contribution < 1.29 is 4.79 Å². The molecule has 2 heterocycles. The lowest BCUT2D eigenvalue weighted by molar-refractivity contribution is 0.100. The summed E-state index contributed by atoms with van der Waals surface area (Å²) >= 11 is 0. The Kier molecular flexibility index (Phi) is 3.15. The van der Waals surface area contributed by atoms with Crippen LogP contribution in [0, 0.1) is 11.3 Å². The summed E-state index contributed by atoms with van der Waals surface area (Å²) < 4.78 is 1.76. The van der Waals surface area contributed by atoms with E-state index in [2.05, 4.69) is 31.2 Å². The zero-order valence-electron chi connectivity index (χ0n) is 12.8. The minimum atomic E-state index is -0.447. The van der Waals surface area contributed by atoms with Crippen molar-refractivity contribution in [3.63, 3.8) is 0 Å². The smallest absolute Gasteiger partial charge is 0.252 e. The molecule has 112 valence electrons. The lowest BCUT2D eigenvalue weighted by Crippen LogP contribution is -2.35. The lowest BCUT2D eigenvalue weighted by Gasteiger charge is -2.33. The average Bonchev–Trinajstić information content (AvgIpc) is 2.98. The first-order valence-electron chi connectivity index (χ1n) is 7.44. The van der Waals surface area contributed by atoms with Gasteiger partial charge in [0.05, 0.1) is 23.0 Å². The van der Waals surface area contributed by atoms with Crippen molar-refractivity contribution in [1.82, 2.24) is 9.61 Å². The summed E-state index contributed by atoms with van der Waals surface area (Å²) in [4.78, 5) is 11.7. The van der Waals surface area contributed by atoms with E-state index in [1.54, 1.807) is 10.7 Å². The van der Waals surface area contributed by atoms with E-state index in [0.717, 1.165) is 17.6 Å². The van der Waals surface area contributed by atoms with Gasteiger partial charge in [0.15, 0.2) is 0 Å². The van der Waals surface area contributed by atoms with Crippen LogP contribution >= 0.6 is 0 Å². The third kappa shape index (κ3) is 2.17. The molecule has 1 aliphatic rings. The molecule has 0 aliphatic heterocycles. The van der Waals surface area contributed by atoms with Crippen molar-refractivity contribution >= 4 is 17.1 Å². The Balaban J connectivity index is 2.05. The number of hydrogen-bond acceptors (Lipinski definition) is 3. The molecule has 21 heavy (non-hydrogen) atoms. The number of nitrogens with one attached hydrogen (secondary N) is 1. The SMILES string of the molecule is C[C@H]1CC[C@@H](Nc2c(C(N)=O)cnn3cccc23)C1(C)C. The molecule has 0 spiro atoms. The van der Waals surface area contributed by atoms with Gasteiger partial charge in [-0.3, -0.25) is 4.79 Å². The molecule has 1 saturated carbocycles. The van der Waals surface area contributed by atoms with Crippen LogP contribution in [0.15, 0.2) is 24.5 Å². The highest BCUT2D eigenvalue weighted by Crippen LogP contribution is 2.44. The van der Waals surface area contributed by atoms with Gasteiger partial charge < -0.3 is 11.1 Å². The van der Waals surface area contributed by atoms with Crippen molar-refractivity contribution in [2.45, 2.75) is 39.7 Å². The van der Waals surface area contributed by atoms with E-state index in [1.807, 2.05) is 18.3 Å². The van der Waals surface area contributed by atoms with Crippen LogP contribution in [0.25, 0.3) is 5.52 Å². The van der Waals surface area contributed by atoms with E-state index >= 15 is 0 Å². The molecule has 3 N–H and O–H groups in total. The van der Waals surface area contributed by atoms with Crippen molar-refractivity contribution in [2.24, 2.45) is 17.1 Å². The second-order valence-corrected chi connectivity index (χ2v) is 6.63. The zero-order valence-corrected chi connectivity index (χ0v) is 12.8. The Morgan fingerprint density at radius 2 is 2.24 bits per heavy atom. The number of carbonyl (C=O) groups excluding carboxylic acids is 1. The van der Waals surface area contributed by atoms with E-state index in [-0.39, 0.29) is 5.41 Å². The molecule has 1 aliphatic carbocycles. The number of primary amides is 1. The Morgan fingerprint density at radius 1 is 1.48 bits per heavy atom. The maximum atomic E-state index is 11.7. The van der Waals surface area contributed by atoms with Gasteiger partial charge in [0, 0.05) is 12.2 Å². The Morgan fingerprint density at radius 3 is 2.86 bits per heavy atom. The highest BCUT2D eigenvalue weighted by atomic mass is 16.1. The summed E-state index contributed by atoms with van der Waals surface area (Å²) in [6.07, 6.45) is 5.71. The quantitative estimate of drug-likeness (QED) is 0.911. The maximum absolute atomic E-state index is 11.7. The van der Waals surface area contributed by atoms with Crippen molar-refractivity contribution in [3.8, 4) is 0 Å². The van der Waals surface area contributed by atoms with Crippen LogP contribution in [-0.2, 0) is 0 Å². The Hall–Kier alpha value is -2.04. The van der Waals surface area contributed by atoms with Crippen LogP contribution in [0.1, 0.15) is 44.0 Å². The summed E-state index contributed by atoms with van der Waals surface area (Å²) in [5.74, 6) is 0.203. The van der Waals surface area contributed by atoms with Crippen molar-refractivity contribution in [2.75, 3.05) is 5.32 Å². The Bertz CT molecular complexity index is 689. The minimum Gasteiger partial charge on any atom is -0.379 e. The van der Waals surface area contributed by atoms with Crippen LogP contribution in [0.4, 0.5) is 5.69 Å². The second kappa shape index (κ2) is 4.76. The van der Waals surface area contributed by atoms with E-state index in [1.165, 1.54) is 6.42 Å². The number of aromatic nitrogens is 2. The Labute approximate surface area is 124 Å². The number of amides is 1. The fourth-order valence-electron chi connectivity index (χ4n) is 3.27. The highest BCUT2D eigenvalue weighted by molar-refractivity contribution is 6.01. The monoisotopic (exact) mass is 286 g/mol. The molecule has 0 bridgehead atoms. The summed E-state index contributed by atoms with van der Waals surface area (Å²) in [6.45, 7) is 6.85. The van der Waals surface area contributed by atoms with Gasteiger partial charge in [-0.05, 0) is 36.3 Å². The first-order chi connectivity index (χ1) is 9.91. The molecule has 5 heteroatoms. The maximum Gasteiger partial charge on any atom is 0.252 e. The topological polar surface area (TPSA) is 72.4 Å². The van der Waals surface area contributed by atoms with Crippen LogP contribution in [-0.4, -0.2) is 21.6 Å². The molecule has 0 saturated heterocycles. The summed E-state index contributed by atoms with van der Waals surface area (Å²) in [6, 6.07) is 4.19. The number of carbonyl (C=O) groups is 1. The van der Waals surface area contributed by atoms with Crippen LogP contribution in [0.5, 0.6) is 0 Å².